The number of nitrogens with one attached hydrogen (secondary N) is 2. The Morgan fingerprint density at radius 1 is 1.00 bits per heavy atom. The van der Waals surface area contributed by atoms with Crippen molar-refractivity contribution >= 4 is 22.6 Å². The summed E-state index contributed by atoms with van der Waals surface area (Å²) in [5, 5.41) is 2.61. The molecule has 0 aliphatic carbocycles. The SMILES string of the molecule is O=C(Nc1ccc2c(c1)OCCO2)c1cn(Cc2c(F)cccc2F)c2ccc(=O)[nH]c2c1=O. The van der Waals surface area contributed by atoms with Crippen molar-refractivity contribution in [3.8, 4) is 11.5 Å². The van der Waals surface area contributed by atoms with E-state index in [1.807, 2.05) is 0 Å². The quantitative estimate of drug-likeness (QED) is 0.482. The molecule has 1 amide bonds. The van der Waals surface area contributed by atoms with E-state index in [4.69, 9.17) is 9.47 Å². The van der Waals surface area contributed by atoms with E-state index < -0.39 is 28.5 Å². The first-order valence-corrected chi connectivity index (χ1v) is 10.3. The van der Waals surface area contributed by atoms with Gasteiger partial charge in [-0.25, -0.2) is 8.78 Å². The number of benzene rings is 2. The number of aromatic amines is 1. The van der Waals surface area contributed by atoms with Gasteiger partial charge in [-0.2, -0.15) is 0 Å². The summed E-state index contributed by atoms with van der Waals surface area (Å²) in [5.74, 6) is -1.35. The van der Waals surface area contributed by atoms with Gasteiger partial charge in [-0.15, -0.1) is 0 Å². The molecule has 4 aromatic rings. The molecule has 0 radical (unpaired) electrons. The van der Waals surface area contributed by atoms with Crippen LogP contribution >= 0.6 is 0 Å². The summed E-state index contributed by atoms with van der Waals surface area (Å²) >= 11 is 0. The summed E-state index contributed by atoms with van der Waals surface area (Å²) in [4.78, 5) is 40.4. The lowest BCUT2D eigenvalue weighted by molar-refractivity contribution is 0.102. The van der Waals surface area contributed by atoms with Crippen LogP contribution in [0.3, 0.4) is 0 Å². The highest BCUT2D eigenvalue weighted by Crippen LogP contribution is 2.32. The molecule has 10 heteroatoms. The molecule has 2 aromatic carbocycles. The van der Waals surface area contributed by atoms with E-state index in [1.165, 1.54) is 29.0 Å². The molecule has 3 heterocycles. The number of pyridine rings is 2. The number of aromatic nitrogens is 2. The number of rotatable bonds is 4. The molecule has 2 aromatic heterocycles. The van der Waals surface area contributed by atoms with Crippen molar-refractivity contribution in [2.24, 2.45) is 0 Å². The van der Waals surface area contributed by atoms with Crippen LogP contribution in [0.1, 0.15) is 15.9 Å². The molecular formula is C24H17F2N3O5. The Kier molecular flexibility index (Phi) is 5.33. The molecule has 0 atom stereocenters. The van der Waals surface area contributed by atoms with Crippen LogP contribution in [0.25, 0.3) is 11.0 Å². The minimum atomic E-state index is -0.779. The Hall–Kier alpha value is -4.47. The standard InChI is InChI=1S/C24H17F2N3O5/c25-16-2-1-3-17(26)14(16)11-29-12-15(23(31)22-18(29)5-7-21(30)28-22)24(32)27-13-4-6-19-20(10-13)34-9-8-33-19/h1-7,10,12H,8-9,11H2,(H,27,32)(H,28,30). The summed E-state index contributed by atoms with van der Waals surface area (Å²) < 4.78 is 40.9. The van der Waals surface area contributed by atoms with Gasteiger partial charge in [-0.05, 0) is 30.3 Å². The van der Waals surface area contributed by atoms with Crippen molar-refractivity contribution < 1.29 is 23.0 Å². The normalized spacial score (nSPS) is 12.5. The minimum absolute atomic E-state index is 0.154. The maximum absolute atomic E-state index is 14.3. The average molecular weight is 465 g/mol. The zero-order valence-electron chi connectivity index (χ0n) is 17.6. The van der Waals surface area contributed by atoms with E-state index in [0.717, 1.165) is 12.1 Å². The number of ether oxygens (including phenoxy) is 2. The zero-order valence-corrected chi connectivity index (χ0v) is 17.6. The third kappa shape index (κ3) is 3.90. The fraction of sp³-hybridized carbons (Fsp3) is 0.125. The third-order valence-corrected chi connectivity index (χ3v) is 5.40. The summed E-state index contributed by atoms with van der Waals surface area (Å²) in [7, 11) is 0. The first-order chi connectivity index (χ1) is 16.4. The van der Waals surface area contributed by atoms with E-state index in [0.29, 0.717) is 30.4 Å². The van der Waals surface area contributed by atoms with Gasteiger partial charge >= 0.3 is 0 Å². The van der Waals surface area contributed by atoms with Crippen molar-refractivity contribution in [3.05, 3.63) is 98.1 Å². The number of anilines is 1. The second-order valence-corrected chi connectivity index (χ2v) is 7.60. The van der Waals surface area contributed by atoms with Crippen LogP contribution in [0, 0.1) is 11.6 Å². The largest absolute Gasteiger partial charge is 0.486 e. The summed E-state index contributed by atoms with van der Waals surface area (Å²) in [6.07, 6.45) is 1.21. The van der Waals surface area contributed by atoms with Crippen molar-refractivity contribution in [3.63, 3.8) is 0 Å². The van der Waals surface area contributed by atoms with Gasteiger partial charge in [-0.1, -0.05) is 6.07 Å². The molecular weight excluding hydrogens is 448 g/mol. The molecule has 1 aliphatic rings. The highest BCUT2D eigenvalue weighted by molar-refractivity contribution is 6.05. The lowest BCUT2D eigenvalue weighted by Crippen LogP contribution is -2.26. The smallest absolute Gasteiger partial charge is 0.261 e. The number of amides is 1. The number of nitrogens with zero attached hydrogens (tertiary/aromatic N) is 1. The summed E-state index contributed by atoms with van der Waals surface area (Å²) in [5.41, 5.74) is -1.45. The zero-order chi connectivity index (χ0) is 23.8. The van der Waals surface area contributed by atoms with E-state index in [-0.39, 0.29) is 28.7 Å². The number of carbonyl (C=O) groups excluding carboxylic acids is 1. The van der Waals surface area contributed by atoms with E-state index in [1.54, 1.807) is 18.2 Å². The van der Waals surface area contributed by atoms with Crippen LogP contribution in [-0.2, 0) is 6.54 Å². The fourth-order valence-electron chi connectivity index (χ4n) is 3.76. The van der Waals surface area contributed by atoms with E-state index in [2.05, 4.69) is 10.3 Å². The van der Waals surface area contributed by atoms with Crippen LogP contribution in [0.4, 0.5) is 14.5 Å². The number of hydrogen-bond acceptors (Lipinski definition) is 5. The molecule has 34 heavy (non-hydrogen) atoms. The van der Waals surface area contributed by atoms with Crippen LogP contribution in [0.2, 0.25) is 0 Å². The average Bonchev–Trinajstić information content (AvgIpc) is 2.83. The maximum Gasteiger partial charge on any atom is 0.261 e. The van der Waals surface area contributed by atoms with Crippen LogP contribution in [0.15, 0.2) is 64.3 Å². The molecule has 2 N–H and O–H groups in total. The maximum atomic E-state index is 14.3. The van der Waals surface area contributed by atoms with Crippen LogP contribution in [0.5, 0.6) is 11.5 Å². The van der Waals surface area contributed by atoms with Gasteiger partial charge < -0.3 is 24.3 Å². The predicted molar refractivity (Wildman–Crippen MR) is 120 cm³/mol. The Bertz CT molecular complexity index is 1540. The van der Waals surface area contributed by atoms with Gasteiger partial charge in [0.05, 0.1) is 12.1 Å². The van der Waals surface area contributed by atoms with Gasteiger partial charge in [-0.3, -0.25) is 14.4 Å². The Balaban J connectivity index is 1.58. The monoisotopic (exact) mass is 465 g/mol. The first-order valence-electron chi connectivity index (χ1n) is 10.3. The Labute approximate surface area is 190 Å². The second kappa shape index (κ2) is 8.47. The molecule has 8 nitrogen and oxygen atoms in total. The summed E-state index contributed by atoms with van der Waals surface area (Å²) in [6, 6.07) is 10.8. The molecule has 0 unspecified atom stereocenters. The lowest BCUT2D eigenvalue weighted by Gasteiger charge is -2.19. The van der Waals surface area contributed by atoms with E-state index >= 15 is 0 Å². The van der Waals surface area contributed by atoms with Gasteiger partial charge in [0, 0.05) is 29.6 Å². The number of hydrogen-bond donors (Lipinski definition) is 2. The van der Waals surface area contributed by atoms with Crippen LogP contribution < -0.4 is 25.8 Å². The molecule has 172 valence electrons. The Morgan fingerprint density at radius 3 is 2.50 bits per heavy atom. The molecule has 0 saturated heterocycles. The molecule has 1 aliphatic heterocycles. The number of carbonyl (C=O) groups is 1. The topological polar surface area (TPSA) is 102 Å². The van der Waals surface area contributed by atoms with Crippen molar-refractivity contribution in [2.45, 2.75) is 6.54 Å². The minimum Gasteiger partial charge on any atom is -0.486 e. The highest BCUT2D eigenvalue weighted by atomic mass is 19.1. The van der Waals surface area contributed by atoms with Gasteiger partial charge in [0.1, 0.15) is 35.9 Å². The molecule has 0 spiro atoms. The van der Waals surface area contributed by atoms with Crippen molar-refractivity contribution in [2.75, 3.05) is 18.5 Å². The fourth-order valence-corrected chi connectivity index (χ4v) is 3.76. The second-order valence-electron chi connectivity index (χ2n) is 7.60. The third-order valence-electron chi connectivity index (χ3n) is 5.40. The predicted octanol–water partition coefficient (Wildman–Crippen LogP) is 3.04. The van der Waals surface area contributed by atoms with Crippen LogP contribution in [-0.4, -0.2) is 28.7 Å². The number of H-pyrrole nitrogens is 1. The number of fused-ring (bicyclic) bond motifs is 2. The van der Waals surface area contributed by atoms with Gasteiger partial charge in [0.2, 0.25) is 11.0 Å². The lowest BCUT2D eigenvalue weighted by atomic mass is 10.1. The van der Waals surface area contributed by atoms with Crippen molar-refractivity contribution in [1.29, 1.82) is 0 Å². The first kappa shape index (κ1) is 21.4. The van der Waals surface area contributed by atoms with Gasteiger partial charge in [0.25, 0.3) is 5.91 Å². The van der Waals surface area contributed by atoms with E-state index in [9.17, 15) is 23.2 Å². The molecule has 0 fully saturated rings. The molecule has 0 saturated carbocycles. The summed E-state index contributed by atoms with van der Waals surface area (Å²) in [6.45, 7) is 0.460. The molecule has 0 bridgehead atoms. The van der Waals surface area contributed by atoms with Crippen molar-refractivity contribution in [1.82, 2.24) is 9.55 Å². The highest BCUT2D eigenvalue weighted by Gasteiger charge is 2.19. The molecule has 5 rings (SSSR count). The van der Waals surface area contributed by atoms with Gasteiger partial charge in [0.15, 0.2) is 11.5 Å². The number of halogens is 2. The Morgan fingerprint density at radius 2 is 1.74 bits per heavy atom.